The lowest BCUT2D eigenvalue weighted by Crippen LogP contribution is -2.06. The minimum absolute atomic E-state index is 0.0435. The first-order chi connectivity index (χ1) is 7.36. The van der Waals surface area contributed by atoms with Gasteiger partial charge in [0.05, 0.1) is 11.5 Å². The van der Waals surface area contributed by atoms with Gasteiger partial charge in [-0.25, -0.2) is 13.2 Å². The van der Waals surface area contributed by atoms with Crippen molar-refractivity contribution < 1.29 is 23.1 Å². The van der Waals surface area contributed by atoms with Crippen LogP contribution in [0.2, 0.25) is 0 Å². The summed E-state index contributed by atoms with van der Waals surface area (Å²) < 4.78 is 27.0. The van der Waals surface area contributed by atoms with E-state index in [2.05, 4.69) is 4.74 Å². The van der Waals surface area contributed by atoms with Crippen LogP contribution in [-0.2, 0) is 14.6 Å². The van der Waals surface area contributed by atoms with Crippen LogP contribution in [0.5, 0.6) is 5.75 Å². The highest BCUT2D eigenvalue weighted by Crippen LogP contribution is 2.22. The zero-order valence-corrected chi connectivity index (χ0v) is 9.74. The lowest BCUT2D eigenvalue weighted by atomic mass is 10.2. The van der Waals surface area contributed by atoms with Crippen molar-refractivity contribution in [3.05, 3.63) is 23.8 Å². The summed E-state index contributed by atoms with van der Waals surface area (Å²) in [6.45, 7) is 1.83. The minimum atomic E-state index is -3.39. The van der Waals surface area contributed by atoms with Gasteiger partial charge in [-0.05, 0) is 25.1 Å². The first-order valence-electron chi connectivity index (χ1n) is 4.56. The van der Waals surface area contributed by atoms with Crippen LogP contribution in [0.25, 0.3) is 0 Å². The molecule has 0 heterocycles. The van der Waals surface area contributed by atoms with E-state index in [9.17, 15) is 18.3 Å². The third-order valence-corrected chi connectivity index (χ3v) is 3.00. The smallest absolute Gasteiger partial charge is 0.341 e. The van der Waals surface area contributed by atoms with Gasteiger partial charge in [-0.2, -0.15) is 0 Å². The van der Waals surface area contributed by atoms with Crippen LogP contribution in [-0.4, -0.2) is 32.4 Å². The van der Waals surface area contributed by atoms with E-state index in [4.69, 9.17) is 0 Å². The van der Waals surface area contributed by atoms with Gasteiger partial charge in [-0.15, -0.1) is 0 Å². The number of rotatable bonds is 3. The van der Waals surface area contributed by atoms with Gasteiger partial charge >= 0.3 is 5.97 Å². The number of ether oxygens (including phenoxy) is 1. The van der Waals surface area contributed by atoms with Crippen LogP contribution >= 0.6 is 0 Å². The summed E-state index contributed by atoms with van der Waals surface area (Å²) >= 11 is 0. The van der Waals surface area contributed by atoms with Crippen LogP contribution in [0.4, 0.5) is 0 Å². The van der Waals surface area contributed by atoms with Gasteiger partial charge in [0.2, 0.25) is 0 Å². The van der Waals surface area contributed by atoms with E-state index >= 15 is 0 Å². The molecule has 1 aromatic rings. The molecule has 0 aliphatic carbocycles. The van der Waals surface area contributed by atoms with Gasteiger partial charge < -0.3 is 9.84 Å². The molecule has 6 heteroatoms. The number of phenols is 1. The maximum Gasteiger partial charge on any atom is 0.341 e. The topological polar surface area (TPSA) is 80.7 Å². The first kappa shape index (κ1) is 12.5. The van der Waals surface area contributed by atoms with Gasteiger partial charge in [0.25, 0.3) is 0 Å². The summed E-state index contributed by atoms with van der Waals surface area (Å²) in [5.41, 5.74) is -0.0470. The summed E-state index contributed by atoms with van der Waals surface area (Å²) in [6, 6.07) is 3.51. The summed E-state index contributed by atoms with van der Waals surface area (Å²) in [5, 5.41) is 9.49. The fourth-order valence-corrected chi connectivity index (χ4v) is 1.76. The molecule has 0 aromatic heterocycles. The number of phenolic OH excluding ortho intramolecular Hbond substituents is 1. The summed E-state index contributed by atoms with van der Waals surface area (Å²) in [5.74, 6) is -1.08. The lowest BCUT2D eigenvalue weighted by Gasteiger charge is -2.05. The standard InChI is InChI=1S/C10H12O5S/c1-3-15-10(12)8-5-4-7(6-9(8)11)16(2,13)14/h4-6,11H,3H2,1-2H3. The molecule has 0 bridgehead atoms. The fourth-order valence-electron chi connectivity index (χ4n) is 1.12. The molecule has 88 valence electrons. The fraction of sp³-hybridized carbons (Fsp3) is 0.300. The number of carbonyl (C=O) groups excluding carboxylic acids is 1. The number of carbonyl (C=O) groups is 1. The van der Waals surface area contributed by atoms with E-state index < -0.39 is 21.6 Å². The van der Waals surface area contributed by atoms with Gasteiger partial charge in [0.1, 0.15) is 11.3 Å². The molecule has 16 heavy (non-hydrogen) atoms. The van der Waals surface area contributed by atoms with Crippen molar-refractivity contribution in [1.82, 2.24) is 0 Å². The molecule has 5 nitrogen and oxygen atoms in total. The Labute approximate surface area is 93.6 Å². The molecular formula is C10H12O5S. The Morgan fingerprint density at radius 3 is 2.50 bits per heavy atom. The second-order valence-electron chi connectivity index (χ2n) is 3.17. The molecule has 0 radical (unpaired) electrons. The predicted molar refractivity (Wildman–Crippen MR) is 57.2 cm³/mol. The van der Waals surface area contributed by atoms with Crippen LogP contribution < -0.4 is 0 Å². The van der Waals surface area contributed by atoms with Gasteiger partial charge in [-0.1, -0.05) is 0 Å². The zero-order chi connectivity index (χ0) is 12.3. The van der Waals surface area contributed by atoms with E-state index in [1.165, 1.54) is 12.1 Å². The normalized spacial score (nSPS) is 11.1. The van der Waals surface area contributed by atoms with Crippen molar-refractivity contribution in [1.29, 1.82) is 0 Å². The zero-order valence-electron chi connectivity index (χ0n) is 8.93. The Morgan fingerprint density at radius 1 is 1.44 bits per heavy atom. The Bertz CT molecular complexity index is 504. The number of hydrogen-bond donors (Lipinski definition) is 1. The second kappa shape index (κ2) is 4.52. The van der Waals surface area contributed by atoms with E-state index in [1.807, 2.05) is 0 Å². The quantitative estimate of drug-likeness (QED) is 0.801. The van der Waals surface area contributed by atoms with E-state index in [0.29, 0.717) is 0 Å². The highest BCUT2D eigenvalue weighted by molar-refractivity contribution is 7.90. The Morgan fingerprint density at radius 2 is 2.06 bits per heavy atom. The molecule has 0 amide bonds. The first-order valence-corrected chi connectivity index (χ1v) is 6.45. The largest absolute Gasteiger partial charge is 0.507 e. The van der Waals surface area contributed by atoms with Crippen molar-refractivity contribution in [2.75, 3.05) is 12.9 Å². The van der Waals surface area contributed by atoms with Crippen LogP contribution in [0.1, 0.15) is 17.3 Å². The van der Waals surface area contributed by atoms with E-state index in [0.717, 1.165) is 12.3 Å². The molecule has 1 aromatic carbocycles. The van der Waals surface area contributed by atoms with Crippen LogP contribution in [0, 0.1) is 0 Å². The summed E-state index contributed by atoms with van der Waals surface area (Å²) in [4.78, 5) is 11.3. The maximum absolute atomic E-state index is 11.3. The average molecular weight is 244 g/mol. The lowest BCUT2D eigenvalue weighted by molar-refractivity contribution is 0.0523. The summed E-state index contributed by atoms with van der Waals surface area (Å²) in [6.07, 6.45) is 1.02. The Kier molecular flexibility index (Phi) is 3.54. The molecule has 1 rings (SSSR count). The Hall–Kier alpha value is -1.56. The Balaban J connectivity index is 3.15. The highest BCUT2D eigenvalue weighted by atomic mass is 32.2. The molecule has 0 saturated carbocycles. The van der Waals surface area contributed by atoms with Crippen molar-refractivity contribution >= 4 is 15.8 Å². The van der Waals surface area contributed by atoms with Gasteiger partial charge in [0.15, 0.2) is 9.84 Å². The third kappa shape index (κ3) is 2.73. The number of benzene rings is 1. The number of aromatic hydroxyl groups is 1. The maximum atomic E-state index is 11.3. The monoisotopic (exact) mass is 244 g/mol. The number of esters is 1. The van der Waals surface area contributed by atoms with Crippen molar-refractivity contribution in [2.24, 2.45) is 0 Å². The van der Waals surface area contributed by atoms with Crippen LogP contribution in [0.15, 0.2) is 23.1 Å². The summed E-state index contributed by atoms with van der Waals surface area (Å²) in [7, 11) is -3.39. The molecule has 0 unspecified atom stereocenters. The molecule has 0 spiro atoms. The highest BCUT2D eigenvalue weighted by Gasteiger charge is 2.15. The molecule has 0 saturated heterocycles. The molecular weight excluding hydrogens is 232 g/mol. The van der Waals surface area contributed by atoms with Crippen molar-refractivity contribution in [3.63, 3.8) is 0 Å². The van der Waals surface area contributed by atoms with Gasteiger partial charge in [0, 0.05) is 6.26 Å². The molecule has 0 atom stereocenters. The van der Waals surface area contributed by atoms with Gasteiger partial charge in [-0.3, -0.25) is 0 Å². The van der Waals surface area contributed by atoms with Crippen molar-refractivity contribution in [3.8, 4) is 5.75 Å². The minimum Gasteiger partial charge on any atom is -0.507 e. The number of hydrogen-bond acceptors (Lipinski definition) is 5. The third-order valence-electron chi connectivity index (χ3n) is 1.89. The average Bonchev–Trinajstić information content (AvgIpc) is 2.16. The molecule has 0 aliphatic rings. The predicted octanol–water partition coefficient (Wildman–Crippen LogP) is 0.972. The molecule has 0 fully saturated rings. The van der Waals surface area contributed by atoms with Crippen molar-refractivity contribution in [2.45, 2.75) is 11.8 Å². The number of sulfone groups is 1. The van der Waals surface area contributed by atoms with Crippen LogP contribution in [0.3, 0.4) is 0 Å². The molecule has 1 N–H and O–H groups in total. The second-order valence-corrected chi connectivity index (χ2v) is 5.19. The SMILES string of the molecule is CCOC(=O)c1ccc(S(C)(=O)=O)cc1O. The molecule has 0 aliphatic heterocycles. The van der Waals surface area contributed by atoms with E-state index in [1.54, 1.807) is 6.92 Å². The van der Waals surface area contributed by atoms with E-state index in [-0.39, 0.29) is 17.1 Å².